The summed E-state index contributed by atoms with van der Waals surface area (Å²) in [6, 6.07) is 2.40. The number of aliphatic hydroxyl groups excluding tert-OH is 1. The average Bonchev–Trinajstić information content (AvgIpc) is 3.20. The van der Waals surface area contributed by atoms with Crippen LogP contribution < -0.4 is 31.7 Å². The maximum Gasteiger partial charge on any atom is 0.243 e. The van der Waals surface area contributed by atoms with Crippen molar-refractivity contribution in [1.82, 2.24) is 26.2 Å². The summed E-state index contributed by atoms with van der Waals surface area (Å²) in [5.74, 6) is -4.18. The zero-order chi connectivity index (χ0) is 37.9. The van der Waals surface area contributed by atoms with E-state index in [-0.39, 0.29) is 38.3 Å². The molecule has 0 bridgehead atoms. The predicted octanol–water partition coefficient (Wildman–Crippen LogP) is -1.32. The normalized spacial score (nSPS) is 27.7. The van der Waals surface area contributed by atoms with E-state index in [9.17, 15) is 34.5 Å². The lowest BCUT2D eigenvalue weighted by molar-refractivity contribution is -0.314. The summed E-state index contributed by atoms with van der Waals surface area (Å²) >= 11 is 0. The molecular formula is C36H58N6O10. The van der Waals surface area contributed by atoms with Crippen LogP contribution in [-0.4, -0.2) is 139 Å². The number of carbonyl (C=O) groups is 4. The van der Waals surface area contributed by atoms with Crippen molar-refractivity contribution in [2.24, 2.45) is 11.7 Å². The van der Waals surface area contributed by atoms with Crippen LogP contribution in [0, 0.1) is 5.92 Å². The Morgan fingerprint density at radius 3 is 2.29 bits per heavy atom. The Morgan fingerprint density at radius 1 is 1.02 bits per heavy atom. The molecule has 1 aromatic rings. The van der Waals surface area contributed by atoms with Gasteiger partial charge in [0.25, 0.3) is 0 Å². The zero-order valence-corrected chi connectivity index (χ0v) is 30.6. The van der Waals surface area contributed by atoms with Gasteiger partial charge in [0.1, 0.15) is 29.5 Å². The highest BCUT2D eigenvalue weighted by atomic mass is 16.7. The van der Waals surface area contributed by atoms with E-state index in [1.54, 1.807) is 31.2 Å². The van der Waals surface area contributed by atoms with E-state index in [2.05, 4.69) is 21.3 Å². The first kappa shape index (κ1) is 41.4. The molecule has 9 N–H and O–H groups in total. The van der Waals surface area contributed by atoms with Gasteiger partial charge in [0, 0.05) is 32.7 Å². The lowest BCUT2D eigenvalue weighted by Crippen LogP contribution is -2.69. The lowest BCUT2D eigenvalue weighted by atomic mass is 9.79. The molecule has 292 valence electrons. The Kier molecular flexibility index (Phi) is 15.2. The molecule has 52 heavy (non-hydrogen) atoms. The number of carbonyl (C=O) groups excluding carboxylic acids is 4. The Hall–Kier alpha value is -3.38. The molecule has 16 nitrogen and oxygen atoms in total. The van der Waals surface area contributed by atoms with Crippen LogP contribution >= 0.6 is 0 Å². The second-order valence-electron chi connectivity index (χ2n) is 14.5. The Bertz CT molecular complexity index is 1340. The first-order chi connectivity index (χ1) is 24.8. The number of primary amides is 1. The topological polar surface area (TPSA) is 234 Å². The minimum Gasteiger partial charge on any atom is -0.497 e. The van der Waals surface area contributed by atoms with Crippen LogP contribution in [0.25, 0.3) is 0 Å². The number of hydrogen-bond acceptors (Lipinski definition) is 12. The molecule has 1 saturated carbocycles. The number of rotatable bonds is 16. The van der Waals surface area contributed by atoms with Gasteiger partial charge >= 0.3 is 0 Å². The number of ether oxygens (including phenoxy) is 3. The molecule has 0 aromatic heterocycles. The van der Waals surface area contributed by atoms with Gasteiger partial charge in [0.2, 0.25) is 29.4 Å². The number of nitrogens with one attached hydrogen (secondary N) is 4. The van der Waals surface area contributed by atoms with Crippen molar-refractivity contribution in [2.45, 2.75) is 107 Å². The number of nitrogens with zero attached hydrogens (tertiary/aromatic N) is 1. The maximum absolute atomic E-state index is 14.4. The van der Waals surface area contributed by atoms with Crippen molar-refractivity contribution in [3.63, 3.8) is 0 Å². The van der Waals surface area contributed by atoms with Gasteiger partial charge < -0.3 is 56.5 Å². The summed E-state index contributed by atoms with van der Waals surface area (Å²) in [5.41, 5.74) is 4.28. The Labute approximate surface area is 305 Å². The molecule has 4 amide bonds. The van der Waals surface area contributed by atoms with Gasteiger partial charge in [-0.05, 0) is 50.3 Å². The van der Waals surface area contributed by atoms with Crippen molar-refractivity contribution in [1.29, 1.82) is 0 Å². The van der Waals surface area contributed by atoms with Crippen molar-refractivity contribution in [3.05, 3.63) is 29.8 Å². The molecule has 3 fully saturated rings. The molecule has 0 spiro atoms. The molecule has 2 heterocycles. The van der Waals surface area contributed by atoms with Gasteiger partial charge in [-0.15, -0.1) is 0 Å². The van der Waals surface area contributed by atoms with Gasteiger partial charge in [0.15, 0.2) is 0 Å². The van der Waals surface area contributed by atoms with E-state index < -0.39 is 71.9 Å². The molecule has 1 aliphatic carbocycles. The van der Waals surface area contributed by atoms with Gasteiger partial charge in [-0.2, -0.15) is 0 Å². The smallest absolute Gasteiger partial charge is 0.243 e. The molecular weight excluding hydrogens is 676 g/mol. The summed E-state index contributed by atoms with van der Waals surface area (Å²) in [6.07, 6.45) is 3.92. The van der Waals surface area contributed by atoms with E-state index in [1.807, 2.05) is 4.90 Å². The average molecular weight is 735 g/mol. The summed E-state index contributed by atoms with van der Waals surface area (Å²) in [6.45, 7) is 4.42. The van der Waals surface area contributed by atoms with E-state index in [0.717, 1.165) is 32.1 Å². The molecule has 7 atom stereocenters. The zero-order valence-electron chi connectivity index (χ0n) is 30.6. The number of nitrogens with two attached hydrogens (primary N) is 1. The number of benzene rings is 1. The fourth-order valence-corrected chi connectivity index (χ4v) is 7.29. The molecule has 2 aliphatic heterocycles. The van der Waals surface area contributed by atoms with Crippen LogP contribution in [0.2, 0.25) is 0 Å². The first-order valence-electron chi connectivity index (χ1n) is 18.4. The number of methoxy groups -OCH3 is 1. The molecule has 2 saturated heterocycles. The maximum atomic E-state index is 14.4. The van der Waals surface area contributed by atoms with E-state index in [4.69, 9.17) is 19.9 Å². The number of aliphatic hydroxyl groups is 3. The van der Waals surface area contributed by atoms with Crippen LogP contribution in [0.4, 0.5) is 0 Å². The van der Waals surface area contributed by atoms with Crippen LogP contribution in [0.3, 0.4) is 0 Å². The third-order valence-electron chi connectivity index (χ3n) is 10.4. The standard InChI is InChI=1S/C36H58N6O10/c1-23-31(32(37)45)38-22-35(2,48)36(49,52-23)29(20-24-7-5-4-6-8-24)41-34(47)28(19-25-9-11-26(50-3)12-10-25)40-33(46)27(13-16-43)39-30(44)21-42-14-17-51-18-15-42/h9-12,23-24,27-29,31,38,43,48-49H,4-8,13-22H2,1-3H3,(H2,37,45)(H,39,44)(H,40,46)(H,41,47)/t23-,27+,28+,29+,31+,35-,36+/m1/s1. The third kappa shape index (κ3) is 11.1. The van der Waals surface area contributed by atoms with Crippen molar-refractivity contribution in [2.75, 3.05) is 53.1 Å². The highest BCUT2D eigenvalue weighted by Crippen LogP contribution is 2.37. The molecule has 1 aromatic carbocycles. The van der Waals surface area contributed by atoms with Crippen molar-refractivity contribution >= 4 is 23.6 Å². The number of β-amino-alcohol motifs (C(OH)–C–C–N with tert-alkyl or cyclic N) is 1. The van der Waals surface area contributed by atoms with Gasteiger partial charge in [0.05, 0.1) is 39.0 Å². The van der Waals surface area contributed by atoms with E-state index in [0.29, 0.717) is 37.6 Å². The minimum atomic E-state index is -2.38. The third-order valence-corrected chi connectivity index (χ3v) is 10.4. The largest absolute Gasteiger partial charge is 0.497 e. The Balaban J connectivity index is 1.62. The molecule has 3 aliphatic rings. The SMILES string of the molecule is COc1ccc(C[C@H](NC(=O)[C@H](CCO)NC(=O)CN2CCOCC2)C(=O)N[C@@H](CC2CCCCC2)[C@]2(O)O[C@H](C)[C@@H](C(N)=O)NC[C@@]2(C)O)cc1. The monoisotopic (exact) mass is 734 g/mol. The quantitative estimate of drug-likeness (QED) is 0.0988. The predicted molar refractivity (Wildman–Crippen MR) is 190 cm³/mol. The second kappa shape index (κ2) is 19.1. The van der Waals surface area contributed by atoms with Gasteiger partial charge in [-0.1, -0.05) is 44.2 Å². The van der Waals surface area contributed by atoms with Crippen LogP contribution in [0.15, 0.2) is 24.3 Å². The van der Waals surface area contributed by atoms with Crippen molar-refractivity contribution < 1.29 is 48.7 Å². The van der Waals surface area contributed by atoms with Gasteiger partial charge in [-0.3, -0.25) is 24.1 Å². The van der Waals surface area contributed by atoms with E-state index >= 15 is 0 Å². The second-order valence-corrected chi connectivity index (χ2v) is 14.5. The highest BCUT2D eigenvalue weighted by molar-refractivity contribution is 5.92. The molecule has 4 rings (SSSR count). The fraction of sp³-hybridized carbons (Fsp3) is 0.722. The lowest BCUT2D eigenvalue weighted by Gasteiger charge is -2.46. The number of hydrogen-bond donors (Lipinski definition) is 8. The number of morpholine rings is 1. The van der Waals surface area contributed by atoms with Gasteiger partial charge in [-0.25, -0.2) is 0 Å². The summed E-state index contributed by atoms with van der Waals surface area (Å²) in [4.78, 5) is 55.3. The van der Waals surface area contributed by atoms with Crippen LogP contribution in [0.5, 0.6) is 5.75 Å². The fourth-order valence-electron chi connectivity index (χ4n) is 7.29. The molecule has 16 heteroatoms. The first-order valence-corrected chi connectivity index (χ1v) is 18.4. The summed E-state index contributed by atoms with van der Waals surface area (Å²) in [7, 11) is 1.53. The molecule has 0 unspecified atom stereocenters. The van der Waals surface area contributed by atoms with E-state index in [1.165, 1.54) is 14.0 Å². The Morgan fingerprint density at radius 2 is 1.67 bits per heavy atom. The minimum absolute atomic E-state index is 0.0165. The summed E-state index contributed by atoms with van der Waals surface area (Å²) < 4.78 is 16.7. The highest BCUT2D eigenvalue weighted by Gasteiger charge is 2.57. The van der Waals surface area contributed by atoms with Crippen LogP contribution in [-0.2, 0) is 35.1 Å². The molecule has 0 radical (unpaired) electrons. The van der Waals surface area contributed by atoms with Crippen molar-refractivity contribution in [3.8, 4) is 5.75 Å². The van der Waals surface area contributed by atoms with Crippen LogP contribution in [0.1, 0.15) is 64.4 Å². The number of amides is 4. The summed E-state index contributed by atoms with van der Waals surface area (Å²) in [5, 5.41) is 45.1.